The number of halogens is 3. The Kier molecular flexibility index (Phi) is 9.12. The van der Waals surface area contributed by atoms with Crippen LogP contribution in [0.15, 0.2) is 54.6 Å². The first-order valence-electron chi connectivity index (χ1n) is 12.0. The molecule has 194 valence electrons. The second-order valence-electron chi connectivity index (χ2n) is 8.87. The molecule has 0 saturated carbocycles. The Bertz CT molecular complexity index is 1050. The van der Waals surface area contributed by atoms with Gasteiger partial charge in [-0.2, -0.15) is 13.2 Å². The van der Waals surface area contributed by atoms with Crippen molar-refractivity contribution in [1.82, 2.24) is 0 Å². The third-order valence-corrected chi connectivity index (χ3v) is 6.32. The van der Waals surface area contributed by atoms with Gasteiger partial charge in [0.05, 0.1) is 17.4 Å². The molecular formula is C27H29F3O6. The Balaban J connectivity index is 1.86. The van der Waals surface area contributed by atoms with Gasteiger partial charge in [0.25, 0.3) is 0 Å². The van der Waals surface area contributed by atoms with E-state index in [0.29, 0.717) is 6.42 Å². The standard InChI is InChI=1S/C27H29F3O6/c1-2-3-4-8-15-22(27(28,29)30)35-26(34)20-16-21(24(31)32)23(19-14-10-9-13-18(19)20)36-25(33)17-11-6-5-7-12-17/h5-7,9-14,20-23H,2-4,8,15-16H2,1H3,(H,31,32)/t20?,21?,22-,23?/m1/s1. The van der Waals surface area contributed by atoms with Gasteiger partial charge in [-0.1, -0.05) is 68.7 Å². The fraction of sp³-hybridized carbons (Fsp3) is 0.444. The normalized spacial score (nSPS) is 20.2. The molecule has 9 heteroatoms. The van der Waals surface area contributed by atoms with Crippen LogP contribution in [0.1, 0.15) is 79.0 Å². The van der Waals surface area contributed by atoms with Gasteiger partial charge in [-0.3, -0.25) is 9.59 Å². The van der Waals surface area contributed by atoms with Gasteiger partial charge in [0, 0.05) is 0 Å². The largest absolute Gasteiger partial charge is 0.481 e. The lowest BCUT2D eigenvalue weighted by Gasteiger charge is -2.35. The van der Waals surface area contributed by atoms with Gasteiger partial charge in [0.1, 0.15) is 6.10 Å². The van der Waals surface area contributed by atoms with E-state index >= 15 is 0 Å². The molecule has 0 amide bonds. The van der Waals surface area contributed by atoms with E-state index in [0.717, 1.165) is 12.8 Å². The average Bonchev–Trinajstić information content (AvgIpc) is 2.85. The van der Waals surface area contributed by atoms with Crippen molar-refractivity contribution in [3.63, 3.8) is 0 Å². The molecule has 3 rings (SSSR count). The smallest absolute Gasteiger partial charge is 0.425 e. The van der Waals surface area contributed by atoms with Crippen LogP contribution < -0.4 is 0 Å². The maximum atomic E-state index is 13.6. The third-order valence-electron chi connectivity index (χ3n) is 6.32. The Morgan fingerprint density at radius 3 is 2.22 bits per heavy atom. The summed E-state index contributed by atoms with van der Waals surface area (Å²) >= 11 is 0. The van der Waals surface area contributed by atoms with Crippen LogP contribution in [0.25, 0.3) is 0 Å². The number of hydrogen-bond acceptors (Lipinski definition) is 5. The Morgan fingerprint density at radius 1 is 0.972 bits per heavy atom. The summed E-state index contributed by atoms with van der Waals surface area (Å²) in [4.78, 5) is 37.8. The molecule has 0 heterocycles. The number of benzene rings is 2. The zero-order valence-electron chi connectivity index (χ0n) is 19.9. The van der Waals surface area contributed by atoms with Crippen LogP contribution in [-0.2, 0) is 19.1 Å². The number of rotatable bonds is 10. The van der Waals surface area contributed by atoms with Crippen molar-refractivity contribution in [1.29, 1.82) is 0 Å². The van der Waals surface area contributed by atoms with Crippen LogP contribution in [0, 0.1) is 5.92 Å². The Morgan fingerprint density at radius 2 is 1.61 bits per heavy atom. The van der Waals surface area contributed by atoms with Crippen LogP contribution in [-0.4, -0.2) is 35.3 Å². The van der Waals surface area contributed by atoms with Crippen molar-refractivity contribution >= 4 is 17.9 Å². The molecule has 6 nitrogen and oxygen atoms in total. The number of carboxylic acids is 1. The molecule has 2 aromatic rings. The minimum absolute atomic E-state index is 0.219. The first-order valence-corrected chi connectivity index (χ1v) is 12.0. The molecule has 1 aliphatic carbocycles. The number of hydrogen-bond donors (Lipinski definition) is 1. The van der Waals surface area contributed by atoms with E-state index in [1.807, 2.05) is 6.92 Å². The molecule has 4 atom stereocenters. The number of esters is 2. The van der Waals surface area contributed by atoms with Gasteiger partial charge in [0.2, 0.25) is 0 Å². The van der Waals surface area contributed by atoms with E-state index in [2.05, 4.69) is 0 Å². The monoisotopic (exact) mass is 506 g/mol. The number of ether oxygens (including phenoxy) is 2. The first-order chi connectivity index (χ1) is 17.1. The quantitative estimate of drug-likeness (QED) is 0.304. The summed E-state index contributed by atoms with van der Waals surface area (Å²) in [5.41, 5.74) is 0.767. The first kappa shape index (κ1) is 27.2. The SMILES string of the molecule is CCCCCC[C@@H](OC(=O)C1CC(C(=O)O)C(OC(=O)c2ccccc2)c2ccccc21)C(F)(F)F. The van der Waals surface area contributed by atoms with Crippen molar-refractivity contribution < 1.29 is 42.1 Å². The molecule has 0 bridgehead atoms. The second kappa shape index (κ2) is 12.1. The fourth-order valence-corrected chi connectivity index (χ4v) is 4.43. The molecule has 0 spiro atoms. The number of alkyl halides is 3. The van der Waals surface area contributed by atoms with Crippen LogP contribution in [0.5, 0.6) is 0 Å². The minimum Gasteiger partial charge on any atom is -0.481 e. The van der Waals surface area contributed by atoms with Gasteiger partial charge in [-0.15, -0.1) is 0 Å². The summed E-state index contributed by atoms with van der Waals surface area (Å²) in [5.74, 6) is -5.81. The summed E-state index contributed by atoms with van der Waals surface area (Å²) in [5, 5.41) is 9.87. The van der Waals surface area contributed by atoms with Gasteiger partial charge in [-0.25, -0.2) is 4.79 Å². The van der Waals surface area contributed by atoms with Crippen molar-refractivity contribution in [2.75, 3.05) is 0 Å². The Hall–Kier alpha value is -3.36. The van der Waals surface area contributed by atoms with Gasteiger partial charge >= 0.3 is 24.1 Å². The van der Waals surface area contributed by atoms with E-state index in [4.69, 9.17) is 9.47 Å². The van der Waals surface area contributed by atoms with Crippen molar-refractivity contribution in [2.24, 2.45) is 5.92 Å². The van der Waals surface area contributed by atoms with E-state index in [9.17, 15) is 32.7 Å². The lowest BCUT2D eigenvalue weighted by molar-refractivity contribution is -0.224. The third kappa shape index (κ3) is 6.65. The maximum Gasteiger partial charge on any atom is 0.425 e. The molecule has 0 radical (unpaired) electrons. The molecule has 1 aliphatic rings. The molecule has 0 aliphatic heterocycles. The average molecular weight is 507 g/mol. The molecule has 0 fully saturated rings. The number of fused-ring (bicyclic) bond motifs is 1. The number of aliphatic carboxylic acids is 1. The van der Waals surface area contributed by atoms with E-state index < -0.39 is 48.1 Å². The van der Waals surface area contributed by atoms with E-state index in [-0.39, 0.29) is 36.0 Å². The molecule has 2 aromatic carbocycles. The number of carbonyl (C=O) groups is 3. The minimum atomic E-state index is -4.74. The maximum absolute atomic E-state index is 13.6. The lowest BCUT2D eigenvalue weighted by atomic mass is 9.75. The topological polar surface area (TPSA) is 89.9 Å². The molecule has 1 N–H and O–H groups in total. The van der Waals surface area contributed by atoms with Crippen molar-refractivity contribution in [3.05, 3.63) is 71.3 Å². The summed E-state index contributed by atoms with van der Waals surface area (Å²) in [7, 11) is 0. The Labute approximate surface area is 207 Å². The number of carboxylic acid groups (broad SMARTS) is 1. The number of unbranched alkanes of at least 4 members (excludes halogenated alkanes) is 3. The molecule has 3 unspecified atom stereocenters. The number of carbonyl (C=O) groups excluding carboxylic acids is 2. The highest BCUT2D eigenvalue weighted by Gasteiger charge is 2.47. The predicted octanol–water partition coefficient (Wildman–Crippen LogP) is 6.22. The zero-order valence-corrected chi connectivity index (χ0v) is 19.9. The molecule has 0 aromatic heterocycles. The van der Waals surface area contributed by atoms with Crippen LogP contribution in [0.4, 0.5) is 13.2 Å². The summed E-state index contributed by atoms with van der Waals surface area (Å²) < 4.78 is 51.3. The summed E-state index contributed by atoms with van der Waals surface area (Å²) in [6.45, 7) is 1.94. The van der Waals surface area contributed by atoms with E-state index in [1.54, 1.807) is 30.3 Å². The van der Waals surface area contributed by atoms with E-state index in [1.165, 1.54) is 24.3 Å². The second-order valence-corrected chi connectivity index (χ2v) is 8.87. The van der Waals surface area contributed by atoms with Crippen molar-refractivity contribution in [3.8, 4) is 0 Å². The van der Waals surface area contributed by atoms with Gasteiger partial charge < -0.3 is 14.6 Å². The van der Waals surface area contributed by atoms with Crippen LogP contribution in [0.2, 0.25) is 0 Å². The lowest BCUT2D eigenvalue weighted by Crippen LogP contribution is -2.39. The molecule has 0 saturated heterocycles. The van der Waals surface area contributed by atoms with Crippen LogP contribution in [0.3, 0.4) is 0 Å². The molecular weight excluding hydrogens is 477 g/mol. The van der Waals surface area contributed by atoms with Gasteiger partial charge in [-0.05, 0) is 42.5 Å². The highest BCUT2D eigenvalue weighted by molar-refractivity contribution is 5.90. The van der Waals surface area contributed by atoms with Crippen molar-refractivity contribution in [2.45, 2.75) is 69.8 Å². The summed E-state index contributed by atoms with van der Waals surface area (Å²) in [6, 6.07) is 14.2. The van der Waals surface area contributed by atoms with Crippen LogP contribution >= 0.6 is 0 Å². The van der Waals surface area contributed by atoms with Gasteiger partial charge in [0.15, 0.2) is 6.10 Å². The zero-order chi connectivity index (χ0) is 26.3. The highest BCUT2D eigenvalue weighted by atomic mass is 19.4. The fourth-order valence-electron chi connectivity index (χ4n) is 4.43. The highest BCUT2D eigenvalue weighted by Crippen LogP contribution is 2.45. The predicted molar refractivity (Wildman–Crippen MR) is 124 cm³/mol. The molecule has 36 heavy (non-hydrogen) atoms. The summed E-state index contributed by atoms with van der Waals surface area (Å²) in [6.07, 6.45) is -6.49.